The van der Waals surface area contributed by atoms with Crippen molar-refractivity contribution in [1.29, 1.82) is 0 Å². The lowest BCUT2D eigenvalue weighted by molar-refractivity contribution is 0.391. The zero-order chi connectivity index (χ0) is 20.5. The molecule has 6 nitrogen and oxygen atoms in total. The van der Waals surface area contributed by atoms with Crippen LogP contribution in [0.5, 0.6) is 5.75 Å². The van der Waals surface area contributed by atoms with Crippen LogP contribution in [0, 0.1) is 6.92 Å². The first-order valence-electron chi connectivity index (χ1n) is 9.17. The standard InChI is InChI=1S/C20H26BrN3O3S/c1-13-9-16(21)5-8-20(13)28(25,26)23-17-6-7-19(27-4)18(10-17)24-11-14(2)22-15(3)12-24/h5-10,14-15,22-23H,11-12H2,1-4H3/t14-,15+. The number of aryl methyl sites for hydroxylation is 1. The number of piperazine rings is 1. The van der Waals surface area contributed by atoms with Gasteiger partial charge in [-0.1, -0.05) is 15.9 Å². The second-order valence-corrected chi connectivity index (χ2v) is 9.84. The zero-order valence-electron chi connectivity index (χ0n) is 16.5. The van der Waals surface area contributed by atoms with Gasteiger partial charge in [-0.3, -0.25) is 4.72 Å². The van der Waals surface area contributed by atoms with Crippen LogP contribution in [-0.4, -0.2) is 40.7 Å². The van der Waals surface area contributed by atoms with Crippen LogP contribution in [0.25, 0.3) is 0 Å². The third-order valence-corrected chi connectivity index (χ3v) is 6.79. The number of hydrogen-bond acceptors (Lipinski definition) is 5. The maximum atomic E-state index is 12.9. The van der Waals surface area contributed by atoms with Crippen LogP contribution in [0.1, 0.15) is 19.4 Å². The number of nitrogens with zero attached hydrogens (tertiary/aromatic N) is 1. The summed E-state index contributed by atoms with van der Waals surface area (Å²) in [5.74, 6) is 0.726. The maximum Gasteiger partial charge on any atom is 0.262 e. The highest BCUT2D eigenvalue weighted by atomic mass is 79.9. The number of methoxy groups -OCH3 is 1. The molecule has 1 fully saturated rings. The van der Waals surface area contributed by atoms with Crippen molar-refractivity contribution in [2.75, 3.05) is 29.8 Å². The molecular formula is C20H26BrN3O3S. The van der Waals surface area contributed by atoms with Crippen molar-refractivity contribution in [3.8, 4) is 5.75 Å². The van der Waals surface area contributed by atoms with Crippen molar-refractivity contribution in [2.24, 2.45) is 0 Å². The van der Waals surface area contributed by atoms with Gasteiger partial charge in [0.25, 0.3) is 10.0 Å². The van der Waals surface area contributed by atoms with Crippen molar-refractivity contribution >= 4 is 37.3 Å². The molecule has 0 aromatic heterocycles. The molecule has 0 radical (unpaired) electrons. The summed E-state index contributed by atoms with van der Waals surface area (Å²) in [4.78, 5) is 2.49. The fourth-order valence-electron chi connectivity index (χ4n) is 3.65. The first-order valence-corrected chi connectivity index (χ1v) is 11.4. The molecule has 0 aliphatic carbocycles. The van der Waals surface area contributed by atoms with E-state index in [1.54, 1.807) is 44.4 Å². The molecule has 1 saturated heterocycles. The highest BCUT2D eigenvalue weighted by Crippen LogP contribution is 2.33. The van der Waals surface area contributed by atoms with Crippen LogP contribution in [-0.2, 0) is 10.0 Å². The summed E-state index contributed by atoms with van der Waals surface area (Å²) in [5, 5.41) is 3.50. The molecule has 2 aromatic rings. The number of rotatable bonds is 5. The van der Waals surface area contributed by atoms with E-state index in [2.05, 4.69) is 44.7 Å². The Labute approximate surface area is 175 Å². The smallest absolute Gasteiger partial charge is 0.262 e. The molecule has 0 saturated carbocycles. The van der Waals surface area contributed by atoms with Crippen molar-refractivity contribution < 1.29 is 13.2 Å². The minimum atomic E-state index is -3.69. The highest BCUT2D eigenvalue weighted by molar-refractivity contribution is 9.10. The molecular weight excluding hydrogens is 442 g/mol. The number of nitrogens with one attached hydrogen (secondary N) is 2. The minimum absolute atomic E-state index is 0.262. The number of halogens is 1. The summed E-state index contributed by atoms with van der Waals surface area (Å²) in [6.45, 7) is 7.70. The Morgan fingerprint density at radius 2 is 1.82 bits per heavy atom. The predicted molar refractivity (Wildman–Crippen MR) is 117 cm³/mol. The van der Waals surface area contributed by atoms with Crippen molar-refractivity contribution in [3.63, 3.8) is 0 Å². The molecule has 2 N–H and O–H groups in total. The van der Waals surface area contributed by atoms with E-state index < -0.39 is 10.0 Å². The van der Waals surface area contributed by atoms with Gasteiger partial charge in [0.1, 0.15) is 5.75 Å². The summed E-state index contributed by atoms with van der Waals surface area (Å²) >= 11 is 3.37. The molecule has 3 rings (SSSR count). The molecule has 1 aliphatic heterocycles. The summed E-state index contributed by atoms with van der Waals surface area (Å²) in [5.41, 5.74) is 2.08. The van der Waals surface area contributed by atoms with Gasteiger partial charge in [0.2, 0.25) is 0 Å². The Balaban J connectivity index is 1.93. The number of benzene rings is 2. The van der Waals surface area contributed by atoms with Gasteiger partial charge >= 0.3 is 0 Å². The number of anilines is 2. The van der Waals surface area contributed by atoms with Gasteiger partial charge in [-0.05, 0) is 62.7 Å². The lowest BCUT2D eigenvalue weighted by atomic mass is 10.1. The quantitative estimate of drug-likeness (QED) is 0.700. The summed E-state index contributed by atoms with van der Waals surface area (Å²) in [6, 6.07) is 11.2. The molecule has 2 aromatic carbocycles. The van der Waals surface area contributed by atoms with E-state index in [0.717, 1.165) is 29.0 Å². The molecule has 0 bridgehead atoms. The van der Waals surface area contributed by atoms with Crippen LogP contribution in [0.4, 0.5) is 11.4 Å². The lowest BCUT2D eigenvalue weighted by Gasteiger charge is -2.38. The summed E-state index contributed by atoms with van der Waals surface area (Å²) in [7, 11) is -2.06. The van der Waals surface area contributed by atoms with Gasteiger partial charge in [-0.2, -0.15) is 0 Å². The predicted octanol–water partition coefficient (Wildman–Crippen LogP) is 3.75. The third kappa shape index (κ3) is 4.61. The number of hydrogen-bond donors (Lipinski definition) is 2. The van der Waals surface area contributed by atoms with Crippen molar-refractivity contribution in [1.82, 2.24) is 5.32 Å². The second kappa shape index (κ2) is 8.31. The Kier molecular flexibility index (Phi) is 6.21. The SMILES string of the molecule is COc1ccc(NS(=O)(=O)c2ccc(Br)cc2C)cc1N1C[C@@H](C)N[C@@H](C)C1. The Morgan fingerprint density at radius 1 is 1.14 bits per heavy atom. The number of sulfonamides is 1. The fraction of sp³-hybridized carbons (Fsp3) is 0.400. The largest absolute Gasteiger partial charge is 0.495 e. The van der Waals surface area contributed by atoms with Gasteiger partial charge in [0.05, 0.1) is 23.4 Å². The van der Waals surface area contributed by atoms with Crippen LogP contribution in [0.2, 0.25) is 0 Å². The lowest BCUT2D eigenvalue weighted by Crippen LogP contribution is -2.54. The van der Waals surface area contributed by atoms with E-state index in [9.17, 15) is 8.42 Å². The van der Waals surface area contributed by atoms with Crippen molar-refractivity contribution in [2.45, 2.75) is 37.8 Å². The Morgan fingerprint density at radius 3 is 2.43 bits per heavy atom. The van der Waals surface area contributed by atoms with Gasteiger partial charge in [-0.15, -0.1) is 0 Å². The molecule has 0 unspecified atom stereocenters. The molecule has 152 valence electrons. The maximum absolute atomic E-state index is 12.9. The average molecular weight is 468 g/mol. The zero-order valence-corrected chi connectivity index (χ0v) is 18.9. The summed E-state index contributed by atoms with van der Waals surface area (Å²) in [6.07, 6.45) is 0. The second-order valence-electron chi connectivity index (χ2n) is 7.28. The topological polar surface area (TPSA) is 70.7 Å². The van der Waals surface area contributed by atoms with Gasteiger partial charge in [0, 0.05) is 29.6 Å². The molecule has 8 heteroatoms. The van der Waals surface area contributed by atoms with Crippen LogP contribution >= 0.6 is 15.9 Å². The van der Waals surface area contributed by atoms with E-state index in [0.29, 0.717) is 23.3 Å². The monoisotopic (exact) mass is 467 g/mol. The third-order valence-electron chi connectivity index (χ3n) is 4.76. The van der Waals surface area contributed by atoms with Crippen LogP contribution in [0.3, 0.4) is 0 Å². The first kappa shape index (κ1) is 21.0. The van der Waals surface area contributed by atoms with Gasteiger partial charge < -0.3 is 15.0 Å². The molecule has 0 spiro atoms. The highest BCUT2D eigenvalue weighted by Gasteiger charge is 2.24. The van der Waals surface area contributed by atoms with Gasteiger partial charge in [-0.25, -0.2) is 8.42 Å². The summed E-state index contributed by atoms with van der Waals surface area (Å²) < 4.78 is 34.9. The Hall–Kier alpha value is -1.77. The van der Waals surface area contributed by atoms with Crippen LogP contribution in [0.15, 0.2) is 45.8 Å². The first-order chi connectivity index (χ1) is 13.2. The van der Waals surface area contributed by atoms with E-state index in [1.807, 2.05) is 6.07 Å². The van der Waals surface area contributed by atoms with E-state index in [1.165, 1.54) is 0 Å². The number of ether oxygens (including phenoxy) is 1. The van der Waals surface area contributed by atoms with E-state index in [4.69, 9.17) is 4.74 Å². The van der Waals surface area contributed by atoms with E-state index >= 15 is 0 Å². The Bertz CT molecular complexity index is 955. The fourth-order valence-corrected chi connectivity index (χ4v) is 5.40. The molecule has 1 aliphatic rings. The minimum Gasteiger partial charge on any atom is -0.495 e. The van der Waals surface area contributed by atoms with E-state index in [-0.39, 0.29) is 4.90 Å². The molecule has 0 amide bonds. The molecule has 1 heterocycles. The van der Waals surface area contributed by atoms with Crippen molar-refractivity contribution in [3.05, 3.63) is 46.4 Å². The van der Waals surface area contributed by atoms with Crippen LogP contribution < -0.4 is 19.7 Å². The normalized spacial score (nSPS) is 20.1. The average Bonchev–Trinajstić information content (AvgIpc) is 2.60. The van der Waals surface area contributed by atoms with Gasteiger partial charge in [0.15, 0.2) is 0 Å². The molecule has 2 atom stereocenters. The molecule has 28 heavy (non-hydrogen) atoms.